The molecule has 140 valence electrons. The molecule has 2 aliphatic rings. The number of nitrogens with one attached hydrogen (secondary N) is 1. The summed E-state index contributed by atoms with van der Waals surface area (Å²) in [6.45, 7) is 4.48. The van der Waals surface area contributed by atoms with Crippen molar-refractivity contribution in [3.63, 3.8) is 0 Å². The predicted octanol–water partition coefficient (Wildman–Crippen LogP) is 3.11. The van der Waals surface area contributed by atoms with Crippen molar-refractivity contribution in [2.45, 2.75) is 32.7 Å². The first-order valence-electron chi connectivity index (χ1n) is 8.97. The highest BCUT2D eigenvalue weighted by Gasteiger charge is 2.31. The summed E-state index contributed by atoms with van der Waals surface area (Å²) < 4.78 is 16.3. The standard InChI is InChI=1S/C21H21NO5/c1-12-3-5-17(21-15(23)7-13(2)20(12)21)25-10-19(24)22-9-14-4-6-16-18(8-14)27-11-26-16/h3-6,8,13H,7,9-11H2,1-2H3,(H,22,24)/t13-/m1/s1. The molecule has 6 heteroatoms. The van der Waals surface area contributed by atoms with Crippen molar-refractivity contribution in [1.29, 1.82) is 0 Å². The van der Waals surface area contributed by atoms with Gasteiger partial charge in [0.25, 0.3) is 5.91 Å². The number of fused-ring (bicyclic) bond motifs is 2. The van der Waals surface area contributed by atoms with Crippen LogP contribution >= 0.6 is 0 Å². The number of carbonyl (C=O) groups excluding carboxylic acids is 2. The third-order valence-corrected chi connectivity index (χ3v) is 4.97. The second kappa shape index (κ2) is 6.95. The molecule has 1 heterocycles. The molecule has 0 aromatic heterocycles. The zero-order valence-electron chi connectivity index (χ0n) is 15.3. The Morgan fingerprint density at radius 1 is 1.22 bits per heavy atom. The normalized spacial score (nSPS) is 17.0. The van der Waals surface area contributed by atoms with Crippen LogP contribution in [0.2, 0.25) is 0 Å². The zero-order valence-corrected chi connectivity index (χ0v) is 15.3. The van der Waals surface area contributed by atoms with Gasteiger partial charge in [0, 0.05) is 13.0 Å². The maximum absolute atomic E-state index is 12.3. The molecule has 2 aromatic rings. The van der Waals surface area contributed by atoms with Crippen LogP contribution in [0.1, 0.15) is 46.3 Å². The van der Waals surface area contributed by atoms with Gasteiger partial charge in [0.2, 0.25) is 6.79 Å². The van der Waals surface area contributed by atoms with E-state index in [0.29, 0.717) is 35.8 Å². The number of carbonyl (C=O) groups is 2. The fourth-order valence-corrected chi connectivity index (χ4v) is 3.67. The van der Waals surface area contributed by atoms with E-state index in [1.165, 1.54) is 0 Å². The van der Waals surface area contributed by atoms with Crippen molar-refractivity contribution >= 4 is 11.7 Å². The number of amides is 1. The smallest absolute Gasteiger partial charge is 0.258 e. The van der Waals surface area contributed by atoms with Crippen LogP contribution in [0.15, 0.2) is 30.3 Å². The summed E-state index contributed by atoms with van der Waals surface area (Å²) in [5, 5.41) is 2.81. The van der Waals surface area contributed by atoms with E-state index in [4.69, 9.17) is 14.2 Å². The fraction of sp³-hybridized carbons (Fsp3) is 0.333. The molecule has 1 aliphatic carbocycles. The first-order chi connectivity index (χ1) is 13.0. The van der Waals surface area contributed by atoms with E-state index in [2.05, 4.69) is 5.32 Å². The Bertz CT molecular complexity index is 921. The van der Waals surface area contributed by atoms with Gasteiger partial charge >= 0.3 is 0 Å². The van der Waals surface area contributed by atoms with Gasteiger partial charge in [0.15, 0.2) is 23.9 Å². The minimum absolute atomic E-state index is 0.0805. The number of ether oxygens (including phenoxy) is 3. The van der Waals surface area contributed by atoms with Crippen molar-refractivity contribution in [2.24, 2.45) is 0 Å². The lowest BCUT2D eigenvalue weighted by atomic mass is 9.97. The van der Waals surface area contributed by atoms with Gasteiger partial charge in [-0.15, -0.1) is 0 Å². The zero-order chi connectivity index (χ0) is 19.0. The van der Waals surface area contributed by atoms with E-state index in [1.807, 2.05) is 38.1 Å². The van der Waals surface area contributed by atoms with Gasteiger partial charge in [-0.25, -0.2) is 0 Å². The topological polar surface area (TPSA) is 73.9 Å². The van der Waals surface area contributed by atoms with Crippen molar-refractivity contribution < 1.29 is 23.8 Å². The molecule has 4 rings (SSSR count). The molecule has 2 aromatic carbocycles. The van der Waals surface area contributed by atoms with Crippen LogP contribution < -0.4 is 19.5 Å². The third-order valence-electron chi connectivity index (χ3n) is 4.97. The number of aryl methyl sites for hydroxylation is 1. The predicted molar refractivity (Wildman–Crippen MR) is 98.4 cm³/mol. The van der Waals surface area contributed by atoms with Crippen LogP contribution in [0.4, 0.5) is 0 Å². The minimum atomic E-state index is -0.250. The second-order valence-electron chi connectivity index (χ2n) is 6.95. The van der Waals surface area contributed by atoms with Crippen LogP contribution in [0.3, 0.4) is 0 Å². The van der Waals surface area contributed by atoms with Gasteiger partial charge in [0.05, 0.1) is 5.56 Å². The molecule has 0 fully saturated rings. The average molecular weight is 367 g/mol. The van der Waals surface area contributed by atoms with Crippen LogP contribution in [0.5, 0.6) is 17.2 Å². The highest BCUT2D eigenvalue weighted by Crippen LogP contribution is 2.40. The summed E-state index contributed by atoms with van der Waals surface area (Å²) in [4.78, 5) is 24.5. The molecule has 1 aliphatic heterocycles. The lowest BCUT2D eigenvalue weighted by Gasteiger charge is -2.13. The van der Waals surface area contributed by atoms with E-state index in [0.717, 1.165) is 16.7 Å². The van der Waals surface area contributed by atoms with Crippen LogP contribution in [0, 0.1) is 6.92 Å². The van der Waals surface area contributed by atoms with Gasteiger partial charge < -0.3 is 19.5 Å². The van der Waals surface area contributed by atoms with Crippen molar-refractivity contribution in [2.75, 3.05) is 13.4 Å². The summed E-state index contributed by atoms with van der Waals surface area (Å²) in [5.74, 6) is 1.90. The number of Topliss-reactive ketones (excluding diaryl/α,β-unsaturated/α-hetero) is 1. The Balaban J connectivity index is 1.37. The summed E-state index contributed by atoms with van der Waals surface area (Å²) in [6.07, 6.45) is 0.493. The first kappa shape index (κ1) is 17.4. The summed E-state index contributed by atoms with van der Waals surface area (Å²) in [7, 11) is 0. The van der Waals surface area contributed by atoms with Gasteiger partial charge in [-0.05, 0) is 47.7 Å². The SMILES string of the molecule is Cc1ccc(OCC(=O)NCc2ccc3c(c2)OCO3)c2c1[C@H](C)CC2=O. The van der Waals surface area contributed by atoms with E-state index < -0.39 is 0 Å². The maximum atomic E-state index is 12.3. The summed E-state index contributed by atoms with van der Waals surface area (Å²) in [5.41, 5.74) is 3.67. The quantitative estimate of drug-likeness (QED) is 0.879. The monoisotopic (exact) mass is 367 g/mol. The Morgan fingerprint density at radius 3 is 2.89 bits per heavy atom. The highest BCUT2D eigenvalue weighted by molar-refractivity contribution is 6.04. The molecule has 0 radical (unpaired) electrons. The van der Waals surface area contributed by atoms with Gasteiger partial charge in [0.1, 0.15) is 5.75 Å². The molecule has 0 bridgehead atoms. The van der Waals surface area contributed by atoms with Gasteiger partial charge in [-0.2, -0.15) is 0 Å². The molecule has 0 saturated carbocycles. The largest absolute Gasteiger partial charge is 0.483 e. The van der Waals surface area contributed by atoms with E-state index >= 15 is 0 Å². The van der Waals surface area contributed by atoms with Crippen molar-refractivity contribution in [3.8, 4) is 17.2 Å². The molecule has 6 nitrogen and oxygen atoms in total. The molecular formula is C21H21NO5. The van der Waals surface area contributed by atoms with Crippen LogP contribution in [-0.4, -0.2) is 25.1 Å². The molecule has 0 unspecified atom stereocenters. The number of benzene rings is 2. The average Bonchev–Trinajstić information content (AvgIpc) is 3.23. The number of hydrogen-bond acceptors (Lipinski definition) is 5. The summed E-state index contributed by atoms with van der Waals surface area (Å²) in [6, 6.07) is 9.25. The molecule has 0 spiro atoms. The van der Waals surface area contributed by atoms with E-state index in [-0.39, 0.29) is 31.0 Å². The first-order valence-corrected chi connectivity index (χ1v) is 8.97. The van der Waals surface area contributed by atoms with E-state index in [1.54, 1.807) is 6.07 Å². The Morgan fingerprint density at radius 2 is 2.04 bits per heavy atom. The van der Waals surface area contributed by atoms with E-state index in [9.17, 15) is 9.59 Å². The number of ketones is 1. The molecular weight excluding hydrogens is 346 g/mol. The van der Waals surface area contributed by atoms with Crippen molar-refractivity contribution in [3.05, 3.63) is 52.6 Å². The fourth-order valence-electron chi connectivity index (χ4n) is 3.67. The maximum Gasteiger partial charge on any atom is 0.258 e. The summed E-state index contributed by atoms with van der Waals surface area (Å²) >= 11 is 0. The van der Waals surface area contributed by atoms with Crippen LogP contribution in [-0.2, 0) is 11.3 Å². The molecule has 1 atom stereocenters. The second-order valence-corrected chi connectivity index (χ2v) is 6.95. The molecule has 1 N–H and O–H groups in total. The Labute approximate surface area is 157 Å². The lowest BCUT2D eigenvalue weighted by Crippen LogP contribution is -2.28. The van der Waals surface area contributed by atoms with Gasteiger partial charge in [-0.1, -0.05) is 19.1 Å². The Hall–Kier alpha value is -3.02. The number of hydrogen-bond donors (Lipinski definition) is 1. The lowest BCUT2D eigenvalue weighted by molar-refractivity contribution is -0.123. The molecule has 0 saturated heterocycles. The Kier molecular flexibility index (Phi) is 4.48. The third kappa shape index (κ3) is 3.35. The molecule has 27 heavy (non-hydrogen) atoms. The molecule has 1 amide bonds. The number of rotatable bonds is 5. The van der Waals surface area contributed by atoms with Gasteiger partial charge in [-0.3, -0.25) is 9.59 Å². The van der Waals surface area contributed by atoms with Crippen molar-refractivity contribution in [1.82, 2.24) is 5.32 Å². The minimum Gasteiger partial charge on any atom is -0.483 e. The van der Waals surface area contributed by atoms with Crippen LogP contribution in [0.25, 0.3) is 0 Å². The highest BCUT2D eigenvalue weighted by atomic mass is 16.7.